The van der Waals surface area contributed by atoms with Crippen molar-refractivity contribution >= 4 is 28.9 Å². The number of carbonyl (C=O) groups excluding carboxylic acids is 1. The molecular formula is C18H20N2O4S. The van der Waals surface area contributed by atoms with Crippen molar-refractivity contribution in [2.24, 2.45) is 0 Å². The van der Waals surface area contributed by atoms with E-state index in [4.69, 9.17) is 4.74 Å². The summed E-state index contributed by atoms with van der Waals surface area (Å²) in [6.45, 7) is 7.32. The quantitative estimate of drug-likeness (QED) is 0.904. The predicted octanol–water partition coefficient (Wildman–Crippen LogP) is 3.40. The molecule has 2 unspecified atom stereocenters. The molecule has 1 aliphatic rings. The summed E-state index contributed by atoms with van der Waals surface area (Å²) in [7, 11) is 0. The van der Waals surface area contributed by atoms with Crippen LogP contribution in [-0.4, -0.2) is 34.1 Å². The number of nitrogens with zero attached hydrogens (tertiary/aromatic N) is 2. The fraction of sp³-hybridized carbons (Fsp3) is 0.389. The lowest BCUT2D eigenvalue weighted by Gasteiger charge is -2.36. The molecule has 1 aromatic carbocycles. The number of rotatable bonds is 4. The molecule has 1 N–H and O–H groups in total. The molecular weight excluding hydrogens is 340 g/mol. The molecule has 2 aromatic rings. The van der Waals surface area contributed by atoms with Gasteiger partial charge in [0.1, 0.15) is 11.8 Å². The van der Waals surface area contributed by atoms with Gasteiger partial charge < -0.3 is 9.84 Å². The number of aliphatic carboxylic acids is 1. The van der Waals surface area contributed by atoms with Gasteiger partial charge in [-0.25, -0.2) is 9.78 Å². The number of carboxylic acids is 1. The molecule has 2 atom stereocenters. The van der Waals surface area contributed by atoms with Gasteiger partial charge in [-0.2, -0.15) is 0 Å². The third kappa shape index (κ3) is 3.00. The van der Waals surface area contributed by atoms with E-state index in [1.54, 1.807) is 37.3 Å². The Morgan fingerprint density at radius 1 is 1.44 bits per heavy atom. The van der Waals surface area contributed by atoms with Gasteiger partial charge in [0.2, 0.25) is 0 Å². The van der Waals surface area contributed by atoms with Gasteiger partial charge in [0.05, 0.1) is 16.4 Å². The van der Waals surface area contributed by atoms with Crippen LogP contribution in [0.5, 0.6) is 5.75 Å². The Labute approximate surface area is 150 Å². The van der Waals surface area contributed by atoms with Gasteiger partial charge >= 0.3 is 5.97 Å². The maximum Gasteiger partial charge on any atom is 0.326 e. The number of benzene rings is 1. The van der Waals surface area contributed by atoms with Crippen molar-refractivity contribution in [3.63, 3.8) is 0 Å². The van der Waals surface area contributed by atoms with Crippen LogP contribution < -0.4 is 9.64 Å². The highest BCUT2D eigenvalue weighted by atomic mass is 32.1. The van der Waals surface area contributed by atoms with Crippen LogP contribution >= 0.6 is 11.3 Å². The number of ether oxygens (including phenoxy) is 1. The van der Waals surface area contributed by atoms with E-state index < -0.39 is 18.1 Å². The number of thiazole rings is 1. The van der Waals surface area contributed by atoms with Crippen LogP contribution in [0.15, 0.2) is 18.2 Å². The van der Waals surface area contributed by atoms with Gasteiger partial charge in [0.15, 0.2) is 6.10 Å². The number of carbonyl (C=O) groups is 2. The lowest BCUT2D eigenvalue weighted by Crippen LogP contribution is -2.52. The fourth-order valence-corrected chi connectivity index (χ4v) is 3.93. The molecule has 1 aromatic heterocycles. The molecule has 2 heterocycles. The second kappa shape index (κ2) is 6.48. The van der Waals surface area contributed by atoms with Crippen molar-refractivity contribution in [1.82, 2.24) is 4.98 Å². The second-order valence-electron chi connectivity index (χ2n) is 6.05. The number of carboxylic acid groups (broad SMARTS) is 1. The third-order valence-corrected chi connectivity index (χ3v) is 5.15. The van der Waals surface area contributed by atoms with Crippen molar-refractivity contribution < 1.29 is 19.4 Å². The summed E-state index contributed by atoms with van der Waals surface area (Å²) < 4.78 is 5.67. The Kier molecular flexibility index (Phi) is 4.51. The van der Waals surface area contributed by atoms with Crippen molar-refractivity contribution in [1.29, 1.82) is 0 Å². The summed E-state index contributed by atoms with van der Waals surface area (Å²) >= 11 is 1.60. The number of amides is 1. The minimum atomic E-state index is -1.03. The molecule has 0 radical (unpaired) electrons. The molecule has 7 heteroatoms. The van der Waals surface area contributed by atoms with Gasteiger partial charge in [-0.1, -0.05) is 6.92 Å². The molecule has 6 nitrogen and oxygen atoms in total. The van der Waals surface area contributed by atoms with Crippen molar-refractivity contribution in [2.75, 3.05) is 4.90 Å². The summed E-state index contributed by atoms with van der Waals surface area (Å²) in [4.78, 5) is 31.3. The van der Waals surface area contributed by atoms with E-state index in [0.29, 0.717) is 17.9 Å². The van der Waals surface area contributed by atoms with E-state index in [9.17, 15) is 14.7 Å². The molecule has 1 amide bonds. The second-order valence-corrected chi connectivity index (χ2v) is 7.46. The Morgan fingerprint density at radius 2 is 2.16 bits per heavy atom. The van der Waals surface area contributed by atoms with Crippen LogP contribution in [0.3, 0.4) is 0 Å². The Balaban J connectivity index is 2.15. The molecule has 0 bridgehead atoms. The summed E-state index contributed by atoms with van der Waals surface area (Å²) in [5, 5.41) is 10.5. The van der Waals surface area contributed by atoms with E-state index in [2.05, 4.69) is 4.98 Å². The highest BCUT2D eigenvalue weighted by Gasteiger charge is 2.38. The maximum atomic E-state index is 12.6. The van der Waals surface area contributed by atoms with Gasteiger partial charge in [0.25, 0.3) is 5.91 Å². The summed E-state index contributed by atoms with van der Waals surface area (Å²) in [6, 6.07) is 4.55. The number of anilines is 1. The number of fused-ring (bicyclic) bond motifs is 1. The van der Waals surface area contributed by atoms with Crippen molar-refractivity contribution in [2.45, 2.75) is 46.3 Å². The smallest absolute Gasteiger partial charge is 0.326 e. The third-order valence-electron chi connectivity index (χ3n) is 4.27. The predicted molar refractivity (Wildman–Crippen MR) is 96.3 cm³/mol. The molecule has 1 aliphatic heterocycles. The minimum absolute atomic E-state index is 0.312. The Bertz CT molecular complexity index is 846. The van der Waals surface area contributed by atoms with Crippen LogP contribution in [0, 0.1) is 13.8 Å². The zero-order valence-electron chi connectivity index (χ0n) is 14.6. The van der Waals surface area contributed by atoms with E-state index in [1.165, 1.54) is 4.90 Å². The lowest BCUT2D eigenvalue weighted by atomic mass is 10.0. The Hall–Kier alpha value is -2.41. The Morgan fingerprint density at radius 3 is 2.72 bits per heavy atom. The molecule has 0 saturated heterocycles. The van der Waals surface area contributed by atoms with Gasteiger partial charge in [0, 0.05) is 10.4 Å². The first-order valence-electron chi connectivity index (χ1n) is 8.14. The fourth-order valence-electron chi connectivity index (χ4n) is 3.09. The van der Waals surface area contributed by atoms with Gasteiger partial charge in [-0.15, -0.1) is 11.3 Å². The summed E-state index contributed by atoms with van der Waals surface area (Å²) in [5.41, 5.74) is 2.18. The van der Waals surface area contributed by atoms with E-state index in [-0.39, 0.29) is 5.91 Å². The molecule has 0 fully saturated rings. The zero-order valence-corrected chi connectivity index (χ0v) is 15.4. The van der Waals surface area contributed by atoms with Crippen molar-refractivity contribution in [3.05, 3.63) is 28.1 Å². The zero-order chi connectivity index (χ0) is 18.3. The summed E-state index contributed by atoms with van der Waals surface area (Å²) in [6.07, 6.45) is -0.401. The normalized spacial score (nSPS) is 17.8. The average Bonchev–Trinajstić information content (AvgIpc) is 2.89. The maximum absolute atomic E-state index is 12.6. The van der Waals surface area contributed by atoms with Crippen LogP contribution in [-0.2, 0) is 9.59 Å². The topological polar surface area (TPSA) is 79.7 Å². The van der Waals surface area contributed by atoms with Crippen LogP contribution in [0.4, 0.5) is 5.69 Å². The highest BCUT2D eigenvalue weighted by Crippen LogP contribution is 2.40. The van der Waals surface area contributed by atoms with E-state index >= 15 is 0 Å². The standard InChI is InChI=1S/C18H20N2O4S/c1-5-13(18(22)23)20-14-8-12(16-10(3)25-11(4)19-16)6-7-15(14)24-9(2)17(20)21/h6-9,13H,5H2,1-4H3,(H,22,23). The minimum Gasteiger partial charge on any atom is -0.480 e. The number of hydrogen-bond donors (Lipinski definition) is 1. The average molecular weight is 360 g/mol. The first kappa shape index (κ1) is 17.4. The molecule has 0 spiro atoms. The van der Waals surface area contributed by atoms with Crippen molar-refractivity contribution in [3.8, 4) is 17.0 Å². The number of hydrogen-bond acceptors (Lipinski definition) is 5. The van der Waals surface area contributed by atoms with Gasteiger partial charge in [-0.3, -0.25) is 9.69 Å². The summed E-state index contributed by atoms with van der Waals surface area (Å²) in [5.74, 6) is -0.854. The van der Waals surface area contributed by atoms with Crippen LogP contribution in [0.25, 0.3) is 11.3 Å². The first-order valence-corrected chi connectivity index (χ1v) is 8.96. The molecule has 0 aliphatic carbocycles. The monoisotopic (exact) mass is 360 g/mol. The molecule has 132 valence electrons. The SMILES string of the molecule is CCC(C(=O)O)N1C(=O)C(C)Oc2ccc(-c3nc(C)sc3C)cc21. The first-order chi connectivity index (χ1) is 11.8. The van der Waals surface area contributed by atoms with E-state index in [0.717, 1.165) is 21.1 Å². The van der Waals surface area contributed by atoms with Gasteiger partial charge in [-0.05, 0) is 45.4 Å². The molecule has 3 rings (SSSR count). The van der Waals surface area contributed by atoms with Crippen LogP contribution in [0.2, 0.25) is 0 Å². The lowest BCUT2D eigenvalue weighted by molar-refractivity contribution is -0.141. The molecule has 25 heavy (non-hydrogen) atoms. The number of aromatic nitrogens is 1. The van der Waals surface area contributed by atoms with E-state index in [1.807, 2.05) is 19.9 Å². The molecule has 0 saturated carbocycles. The van der Waals surface area contributed by atoms with Crippen LogP contribution in [0.1, 0.15) is 30.2 Å². The number of aryl methyl sites for hydroxylation is 2. The highest BCUT2D eigenvalue weighted by molar-refractivity contribution is 7.11. The largest absolute Gasteiger partial charge is 0.480 e.